The van der Waals surface area contributed by atoms with Crippen LogP contribution < -0.4 is 15.4 Å². The van der Waals surface area contributed by atoms with E-state index >= 15 is 8.78 Å². The fourth-order valence-electron chi connectivity index (χ4n) is 4.80. The Morgan fingerprint density at radius 3 is 2.37 bits per heavy atom. The van der Waals surface area contributed by atoms with E-state index in [4.69, 9.17) is 4.74 Å². The Morgan fingerprint density at radius 2 is 1.70 bits per heavy atom. The largest absolute Gasteiger partial charge is 0.486 e. The molecule has 0 aromatic heterocycles. The van der Waals surface area contributed by atoms with Crippen molar-refractivity contribution in [3.8, 4) is 5.75 Å². The van der Waals surface area contributed by atoms with Crippen molar-refractivity contribution in [3.05, 3.63) is 28.8 Å². The zero-order chi connectivity index (χ0) is 21.3. The summed E-state index contributed by atoms with van der Waals surface area (Å²) in [6.07, 6.45) is 0.311. The number of benzene rings is 1. The van der Waals surface area contributed by atoms with Gasteiger partial charge in [0.1, 0.15) is 17.4 Å². The van der Waals surface area contributed by atoms with Gasteiger partial charge in [0.25, 0.3) is 17.7 Å². The standard InChI is InChI=1S/C20H19F2N3O5/c21-20(22)9-19(3-5-23-6-4-19)30-14-8-11-10(7-12(14)20)17(28)25(18(11)29)13-1-2-15(26)24-16(13)27/h7-8,13,23H,1-6,9H2,(H,24,26,27). The minimum Gasteiger partial charge on any atom is -0.486 e. The van der Waals surface area contributed by atoms with E-state index in [9.17, 15) is 19.2 Å². The number of amides is 4. The van der Waals surface area contributed by atoms with Crippen molar-refractivity contribution in [2.24, 2.45) is 0 Å². The topological polar surface area (TPSA) is 105 Å². The van der Waals surface area contributed by atoms with E-state index in [1.165, 1.54) is 6.07 Å². The van der Waals surface area contributed by atoms with Gasteiger partial charge in [-0.1, -0.05) is 0 Å². The van der Waals surface area contributed by atoms with Crippen LogP contribution in [0.5, 0.6) is 5.75 Å². The molecule has 0 bridgehead atoms. The lowest BCUT2D eigenvalue weighted by molar-refractivity contribution is -0.136. The molecule has 0 aliphatic carbocycles. The average Bonchev–Trinajstić information content (AvgIpc) is 2.91. The maximum absolute atomic E-state index is 15.1. The highest BCUT2D eigenvalue weighted by Gasteiger charge is 2.53. The second kappa shape index (κ2) is 6.31. The molecule has 1 atom stereocenters. The molecule has 4 amide bonds. The van der Waals surface area contributed by atoms with Gasteiger partial charge in [0.15, 0.2) is 0 Å². The molecule has 0 saturated carbocycles. The maximum atomic E-state index is 15.1. The van der Waals surface area contributed by atoms with E-state index in [1.807, 2.05) is 0 Å². The van der Waals surface area contributed by atoms with Gasteiger partial charge >= 0.3 is 0 Å². The van der Waals surface area contributed by atoms with Crippen molar-refractivity contribution < 1.29 is 32.7 Å². The van der Waals surface area contributed by atoms with Crippen LogP contribution in [-0.2, 0) is 15.5 Å². The van der Waals surface area contributed by atoms with Crippen molar-refractivity contribution in [2.75, 3.05) is 13.1 Å². The number of nitrogens with one attached hydrogen (secondary N) is 2. The van der Waals surface area contributed by atoms with Crippen molar-refractivity contribution >= 4 is 23.6 Å². The predicted molar refractivity (Wildman–Crippen MR) is 97.1 cm³/mol. The van der Waals surface area contributed by atoms with Crippen LogP contribution in [0.2, 0.25) is 0 Å². The monoisotopic (exact) mass is 419 g/mol. The number of rotatable bonds is 1. The van der Waals surface area contributed by atoms with E-state index in [0.29, 0.717) is 25.9 Å². The Hall–Kier alpha value is -2.88. The molecule has 10 heteroatoms. The third-order valence-electron chi connectivity index (χ3n) is 6.32. The van der Waals surface area contributed by atoms with Gasteiger partial charge in [-0.15, -0.1) is 0 Å². The zero-order valence-electron chi connectivity index (χ0n) is 15.9. The number of halogens is 2. The lowest BCUT2D eigenvalue weighted by atomic mass is 9.81. The molecule has 4 aliphatic heterocycles. The zero-order valence-corrected chi connectivity index (χ0v) is 15.9. The van der Waals surface area contributed by atoms with Gasteiger partial charge < -0.3 is 10.1 Å². The molecule has 0 radical (unpaired) electrons. The van der Waals surface area contributed by atoms with Crippen molar-refractivity contribution in [1.29, 1.82) is 0 Å². The Bertz CT molecular complexity index is 1000. The number of carbonyl (C=O) groups is 4. The molecular weight excluding hydrogens is 400 g/mol. The average molecular weight is 419 g/mol. The molecule has 2 N–H and O–H groups in total. The Balaban J connectivity index is 1.53. The lowest BCUT2D eigenvalue weighted by Gasteiger charge is -2.44. The Morgan fingerprint density at radius 1 is 1.03 bits per heavy atom. The van der Waals surface area contributed by atoms with E-state index in [1.54, 1.807) is 0 Å². The van der Waals surface area contributed by atoms with Gasteiger partial charge in [0.05, 0.1) is 23.1 Å². The summed E-state index contributed by atoms with van der Waals surface area (Å²) in [6.45, 7) is 1.11. The lowest BCUT2D eigenvalue weighted by Crippen LogP contribution is -2.54. The highest BCUT2D eigenvalue weighted by molar-refractivity contribution is 6.23. The molecule has 1 unspecified atom stereocenters. The molecule has 4 aliphatic rings. The van der Waals surface area contributed by atoms with Crippen LogP contribution in [0.3, 0.4) is 0 Å². The normalized spacial score (nSPS) is 26.9. The minimum absolute atomic E-state index is 0.00137. The van der Waals surface area contributed by atoms with Crippen molar-refractivity contribution in [3.63, 3.8) is 0 Å². The number of alkyl halides is 2. The summed E-state index contributed by atoms with van der Waals surface area (Å²) in [5.74, 6) is -6.11. The molecule has 5 rings (SSSR count). The summed E-state index contributed by atoms with van der Waals surface area (Å²) < 4.78 is 36.1. The van der Waals surface area contributed by atoms with Gasteiger partial charge in [-0.3, -0.25) is 29.4 Å². The van der Waals surface area contributed by atoms with E-state index in [2.05, 4.69) is 10.6 Å². The highest BCUT2D eigenvalue weighted by atomic mass is 19.3. The smallest absolute Gasteiger partial charge is 0.280 e. The number of piperidine rings is 2. The number of ether oxygens (including phenoxy) is 1. The molecule has 2 fully saturated rings. The van der Waals surface area contributed by atoms with Crippen LogP contribution in [-0.4, -0.2) is 53.3 Å². The number of hydrogen-bond donors (Lipinski definition) is 2. The van der Waals surface area contributed by atoms with Gasteiger partial charge in [-0.05, 0) is 44.5 Å². The van der Waals surface area contributed by atoms with Crippen molar-refractivity contribution in [2.45, 2.75) is 49.7 Å². The number of hydrogen-bond acceptors (Lipinski definition) is 6. The molecule has 158 valence electrons. The number of carbonyl (C=O) groups excluding carboxylic acids is 4. The van der Waals surface area contributed by atoms with Crippen LogP contribution in [0.15, 0.2) is 12.1 Å². The molecule has 2 saturated heterocycles. The van der Waals surface area contributed by atoms with Crippen LogP contribution in [0, 0.1) is 0 Å². The van der Waals surface area contributed by atoms with Crippen LogP contribution >= 0.6 is 0 Å². The molecular formula is C20H19F2N3O5. The number of imide groups is 2. The molecule has 1 aromatic rings. The third-order valence-corrected chi connectivity index (χ3v) is 6.32. The summed E-state index contributed by atoms with van der Waals surface area (Å²) in [7, 11) is 0. The predicted octanol–water partition coefficient (Wildman–Crippen LogP) is 1.08. The third kappa shape index (κ3) is 2.73. The number of nitrogens with zero attached hydrogens (tertiary/aromatic N) is 1. The first kappa shape index (κ1) is 19.1. The summed E-state index contributed by atoms with van der Waals surface area (Å²) in [5.41, 5.74) is -1.68. The molecule has 8 nitrogen and oxygen atoms in total. The van der Waals surface area contributed by atoms with Crippen molar-refractivity contribution in [1.82, 2.24) is 15.5 Å². The first-order valence-corrected chi connectivity index (χ1v) is 9.88. The summed E-state index contributed by atoms with van der Waals surface area (Å²) in [5, 5.41) is 5.23. The van der Waals surface area contributed by atoms with Crippen LogP contribution in [0.1, 0.15) is 58.4 Å². The van der Waals surface area contributed by atoms with Gasteiger partial charge in [-0.2, -0.15) is 0 Å². The highest BCUT2D eigenvalue weighted by Crippen LogP contribution is 2.51. The van der Waals surface area contributed by atoms with Gasteiger partial charge in [0.2, 0.25) is 11.8 Å². The quantitative estimate of drug-likeness (QED) is 0.661. The molecule has 4 heterocycles. The Kier molecular flexibility index (Phi) is 4.02. The fourth-order valence-corrected chi connectivity index (χ4v) is 4.80. The first-order valence-electron chi connectivity index (χ1n) is 9.88. The summed E-state index contributed by atoms with van der Waals surface area (Å²) >= 11 is 0. The molecule has 1 spiro atoms. The van der Waals surface area contributed by atoms with Crippen LogP contribution in [0.4, 0.5) is 8.78 Å². The molecule has 1 aromatic carbocycles. The maximum Gasteiger partial charge on any atom is 0.280 e. The number of fused-ring (bicyclic) bond motifs is 2. The Labute approximate surface area is 169 Å². The molecule has 30 heavy (non-hydrogen) atoms. The van der Waals surface area contributed by atoms with E-state index in [-0.39, 0.29) is 29.7 Å². The fraction of sp³-hybridized carbons (Fsp3) is 0.500. The second-order valence-corrected chi connectivity index (χ2v) is 8.26. The SMILES string of the molecule is O=C1CCC(N2C(=O)c3cc4c(cc3C2=O)C(F)(F)CC2(CCNCC2)O4)C(=O)N1. The first-order chi connectivity index (χ1) is 14.2. The van der Waals surface area contributed by atoms with E-state index in [0.717, 1.165) is 11.0 Å². The van der Waals surface area contributed by atoms with E-state index < -0.39 is 53.2 Å². The minimum atomic E-state index is -3.22. The second-order valence-electron chi connectivity index (χ2n) is 8.26. The summed E-state index contributed by atoms with van der Waals surface area (Å²) in [4.78, 5) is 50.1. The van der Waals surface area contributed by atoms with Gasteiger partial charge in [0, 0.05) is 6.42 Å². The van der Waals surface area contributed by atoms with Crippen LogP contribution in [0.25, 0.3) is 0 Å². The summed E-state index contributed by atoms with van der Waals surface area (Å²) in [6, 6.07) is 1.07. The van der Waals surface area contributed by atoms with Gasteiger partial charge in [-0.25, -0.2) is 8.78 Å².